The predicted octanol–water partition coefficient (Wildman–Crippen LogP) is 3.16. The number of ether oxygens (including phenoxy) is 2. The van der Waals surface area contributed by atoms with Gasteiger partial charge in [-0.2, -0.15) is 0 Å². The van der Waals surface area contributed by atoms with Crippen molar-refractivity contribution < 1.29 is 14.3 Å². The van der Waals surface area contributed by atoms with E-state index in [1.54, 1.807) is 26.3 Å². The summed E-state index contributed by atoms with van der Waals surface area (Å²) in [6, 6.07) is 15.3. The van der Waals surface area contributed by atoms with Crippen molar-refractivity contribution in [3.05, 3.63) is 54.7 Å². The van der Waals surface area contributed by atoms with Gasteiger partial charge in [0, 0.05) is 11.6 Å². The van der Waals surface area contributed by atoms with E-state index in [2.05, 4.69) is 4.98 Å². The van der Waals surface area contributed by atoms with Gasteiger partial charge in [0.05, 0.1) is 7.11 Å². The first kappa shape index (κ1) is 15.8. The largest absolute Gasteiger partial charge is 0.494 e. The molecule has 0 saturated heterocycles. The Kier molecular flexibility index (Phi) is 4.33. The quantitative estimate of drug-likeness (QED) is 0.783. The Morgan fingerprint density at radius 2 is 2.00 bits per heavy atom. The number of hydrogen-bond acceptors (Lipinski definition) is 4. The Balaban J connectivity index is 2.07. The average molecular weight is 322 g/mol. The Bertz CT molecular complexity index is 893. The van der Waals surface area contributed by atoms with Crippen molar-refractivity contribution in [1.29, 1.82) is 0 Å². The van der Waals surface area contributed by atoms with Crippen LogP contribution in [0, 0.1) is 0 Å². The normalized spacial score (nSPS) is 11.9. The molecule has 0 fully saturated rings. The van der Waals surface area contributed by atoms with E-state index >= 15 is 0 Å². The smallest absolute Gasteiger partial charge is 0.258 e. The Morgan fingerprint density at radius 1 is 1.17 bits per heavy atom. The molecule has 0 bridgehead atoms. The summed E-state index contributed by atoms with van der Waals surface area (Å²) in [6.07, 6.45) is 1.05. The first-order valence-electron chi connectivity index (χ1n) is 7.58. The van der Waals surface area contributed by atoms with Crippen molar-refractivity contribution in [2.45, 2.75) is 13.0 Å². The number of carbonyl (C=O) groups excluding carboxylic acids is 1. The predicted molar refractivity (Wildman–Crippen MR) is 93.0 cm³/mol. The molecule has 0 radical (unpaired) electrons. The number of methoxy groups -OCH3 is 1. The molecule has 3 aromatic rings. The number of pyridine rings is 1. The fourth-order valence-corrected chi connectivity index (χ4v) is 2.56. The van der Waals surface area contributed by atoms with Crippen molar-refractivity contribution in [1.82, 2.24) is 4.98 Å². The van der Waals surface area contributed by atoms with Crippen LogP contribution in [0.25, 0.3) is 22.0 Å². The molecule has 2 N–H and O–H groups in total. The molecule has 0 aliphatic carbocycles. The number of fused-ring (bicyclic) bond motifs is 1. The lowest BCUT2D eigenvalue weighted by Gasteiger charge is -2.13. The summed E-state index contributed by atoms with van der Waals surface area (Å²) in [7, 11) is 1.63. The van der Waals surface area contributed by atoms with Gasteiger partial charge in [0.2, 0.25) is 0 Å². The highest BCUT2D eigenvalue weighted by Crippen LogP contribution is 2.34. The summed E-state index contributed by atoms with van der Waals surface area (Å²) in [6.45, 7) is 1.63. The zero-order valence-corrected chi connectivity index (χ0v) is 13.5. The molecule has 122 valence electrons. The van der Waals surface area contributed by atoms with E-state index in [1.165, 1.54) is 0 Å². The molecule has 1 amide bonds. The second kappa shape index (κ2) is 6.58. The van der Waals surface area contributed by atoms with Gasteiger partial charge in [-0.1, -0.05) is 18.2 Å². The molecule has 5 nitrogen and oxygen atoms in total. The summed E-state index contributed by atoms with van der Waals surface area (Å²) in [4.78, 5) is 15.6. The van der Waals surface area contributed by atoms with Crippen LogP contribution in [0.2, 0.25) is 0 Å². The van der Waals surface area contributed by atoms with E-state index in [9.17, 15) is 4.79 Å². The molecule has 1 heterocycles. The van der Waals surface area contributed by atoms with Crippen LogP contribution in [-0.4, -0.2) is 24.1 Å². The van der Waals surface area contributed by atoms with Crippen molar-refractivity contribution in [3.63, 3.8) is 0 Å². The zero-order valence-electron chi connectivity index (χ0n) is 13.5. The van der Waals surface area contributed by atoms with E-state index in [1.807, 2.05) is 42.5 Å². The number of amides is 1. The molecule has 2 aromatic carbocycles. The number of primary amides is 1. The number of benzene rings is 2. The monoisotopic (exact) mass is 322 g/mol. The van der Waals surface area contributed by atoms with Gasteiger partial charge in [-0.05, 0) is 48.4 Å². The van der Waals surface area contributed by atoms with E-state index < -0.39 is 12.0 Å². The third-order valence-corrected chi connectivity index (χ3v) is 3.81. The van der Waals surface area contributed by atoms with Crippen LogP contribution < -0.4 is 15.2 Å². The second-order valence-electron chi connectivity index (χ2n) is 5.41. The number of hydrogen-bond donors (Lipinski definition) is 1. The third-order valence-electron chi connectivity index (χ3n) is 3.81. The van der Waals surface area contributed by atoms with Crippen LogP contribution in [-0.2, 0) is 4.79 Å². The third kappa shape index (κ3) is 3.01. The highest BCUT2D eigenvalue weighted by atomic mass is 16.5. The number of nitrogens with two attached hydrogens (primary N) is 1. The minimum absolute atomic E-state index is 0.500. The molecule has 1 atom stereocenters. The van der Waals surface area contributed by atoms with Crippen molar-refractivity contribution >= 4 is 16.8 Å². The molecular weight excluding hydrogens is 304 g/mol. The van der Waals surface area contributed by atoms with Gasteiger partial charge in [0.1, 0.15) is 17.0 Å². The van der Waals surface area contributed by atoms with Gasteiger partial charge in [-0.25, -0.2) is 0 Å². The maximum atomic E-state index is 11.2. The lowest BCUT2D eigenvalue weighted by atomic mass is 10.00. The van der Waals surface area contributed by atoms with Crippen molar-refractivity contribution in [3.8, 4) is 22.6 Å². The van der Waals surface area contributed by atoms with Crippen LogP contribution in [0.1, 0.15) is 6.92 Å². The number of carbonyl (C=O) groups is 1. The van der Waals surface area contributed by atoms with Crippen LogP contribution in [0.4, 0.5) is 0 Å². The topological polar surface area (TPSA) is 74.4 Å². The fraction of sp³-hybridized carbons (Fsp3) is 0.158. The maximum Gasteiger partial charge on any atom is 0.258 e. The minimum Gasteiger partial charge on any atom is -0.494 e. The number of rotatable bonds is 5. The molecule has 0 aliphatic heterocycles. The van der Waals surface area contributed by atoms with Gasteiger partial charge in [-0.15, -0.1) is 0 Å². The molecule has 1 unspecified atom stereocenters. The fourth-order valence-electron chi connectivity index (χ4n) is 2.56. The molecule has 24 heavy (non-hydrogen) atoms. The van der Waals surface area contributed by atoms with Gasteiger partial charge in [-0.3, -0.25) is 9.78 Å². The molecule has 1 aromatic heterocycles. The summed E-state index contributed by atoms with van der Waals surface area (Å²) in [5.74, 6) is 0.815. The Morgan fingerprint density at radius 3 is 2.75 bits per heavy atom. The van der Waals surface area contributed by atoms with Gasteiger partial charge in [0.25, 0.3) is 5.91 Å². The van der Waals surface area contributed by atoms with Crippen LogP contribution in [0.5, 0.6) is 11.5 Å². The molecule has 5 heteroatoms. The second-order valence-corrected chi connectivity index (χ2v) is 5.41. The highest BCUT2D eigenvalue weighted by molar-refractivity contribution is 5.97. The minimum atomic E-state index is -0.686. The van der Waals surface area contributed by atoms with Gasteiger partial charge < -0.3 is 15.2 Å². The Labute approximate surface area is 140 Å². The molecule has 0 saturated carbocycles. The SMILES string of the molecule is COc1ccc(-c2cccc(OC(C)C(N)=O)c2)c2cccnc12. The summed E-state index contributed by atoms with van der Waals surface area (Å²) < 4.78 is 11.0. The Hall–Kier alpha value is -3.08. The van der Waals surface area contributed by atoms with Gasteiger partial charge in [0.15, 0.2) is 6.10 Å². The number of aromatic nitrogens is 1. The van der Waals surface area contributed by atoms with E-state index in [4.69, 9.17) is 15.2 Å². The van der Waals surface area contributed by atoms with Crippen molar-refractivity contribution in [2.75, 3.05) is 7.11 Å². The van der Waals surface area contributed by atoms with E-state index in [-0.39, 0.29) is 0 Å². The first-order valence-corrected chi connectivity index (χ1v) is 7.58. The summed E-state index contributed by atoms with van der Waals surface area (Å²) >= 11 is 0. The lowest BCUT2D eigenvalue weighted by molar-refractivity contribution is -0.123. The van der Waals surface area contributed by atoms with E-state index in [0.29, 0.717) is 5.75 Å². The summed E-state index contributed by atoms with van der Waals surface area (Å²) in [5.41, 5.74) is 8.03. The first-order chi connectivity index (χ1) is 11.6. The van der Waals surface area contributed by atoms with Crippen molar-refractivity contribution in [2.24, 2.45) is 5.73 Å². The highest BCUT2D eigenvalue weighted by Gasteiger charge is 2.12. The maximum absolute atomic E-state index is 11.2. The van der Waals surface area contributed by atoms with Gasteiger partial charge >= 0.3 is 0 Å². The average Bonchev–Trinajstić information content (AvgIpc) is 2.61. The molecule has 0 aliphatic rings. The molecule has 0 spiro atoms. The van der Waals surface area contributed by atoms with Crippen LogP contribution in [0.3, 0.4) is 0 Å². The molecule has 3 rings (SSSR count). The number of nitrogens with zero attached hydrogens (tertiary/aromatic N) is 1. The lowest BCUT2D eigenvalue weighted by Crippen LogP contribution is -2.30. The molecular formula is C19H18N2O3. The van der Waals surface area contributed by atoms with Crippen LogP contribution in [0.15, 0.2) is 54.7 Å². The van der Waals surface area contributed by atoms with Crippen LogP contribution >= 0.6 is 0 Å². The van der Waals surface area contributed by atoms with E-state index in [0.717, 1.165) is 27.8 Å². The summed E-state index contributed by atoms with van der Waals surface area (Å²) in [5, 5.41) is 0.983. The zero-order chi connectivity index (χ0) is 17.1. The standard InChI is InChI=1S/C19H18N2O3/c1-12(19(20)22)24-14-6-3-5-13(11-14)15-8-9-17(23-2)18-16(15)7-4-10-21-18/h3-12H,1-2H3,(H2,20,22).